The second-order valence-corrected chi connectivity index (χ2v) is 6.52. The van der Waals surface area contributed by atoms with Crippen LogP contribution in [0.25, 0.3) is 0 Å². The summed E-state index contributed by atoms with van der Waals surface area (Å²) in [5, 5.41) is 4.81. The first-order valence-corrected chi connectivity index (χ1v) is 7.82. The van der Waals surface area contributed by atoms with Gasteiger partial charge in [0.15, 0.2) is 0 Å². The Morgan fingerprint density at radius 3 is 2.94 bits per heavy atom. The Morgan fingerprint density at radius 2 is 2.22 bits per heavy atom. The Bertz CT molecular complexity index is 410. The zero-order valence-corrected chi connectivity index (χ0v) is 12.1. The Morgan fingerprint density at radius 1 is 1.33 bits per heavy atom. The van der Waals surface area contributed by atoms with Crippen molar-refractivity contribution in [3.63, 3.8) is 0 Å². The van der Waals surface area contributed by atoms with Crippen LogP contribution < -0.4 is 5.32 Å². The lowest BCUT2D eigenvalue weighted by Crippen LogP contribution is -2.52. The molecule has 2 aliphatic rings. The molecule has 2 atom stereocenters. The molecule has 1 heterocycles. The first-order chi connectivity index (χ1) is 8.80. The summed E-state index contributed by atoms with van der Waals surface area (Å²) in [6.07, 6.45) is 8.78. The fourth-order valence-electron chi connectivity index (χ4n) is 3.48. The predicted molar refractivity (Wildman–Crippen MR) is 74.1 cm³/mol. The highest BCUT2D eigenvalue weighted by Crippen LogP contribution is 2.42. The first kappa shape index (κ1) is 12.6. The summed E-state index contributed by atoms with van der Waals surface area (Å²) >= 11 is 1.92. The molecule has 3 nitrogen and oxygen atoms in total. The van der Waals surface area contributed by atoms with Crippen LogP contribution in [0.15, 0.2) is 0 Å². The lowest BCUT2D eigenvalue weighted by molar-refractivity contribution is -0.0120. The SMILES string of the molecule is CNC1(c2nc3c(s2)CCC3)CCCCC1OC. The topological polar surface area (TPSA) is 34.2 Å². The summed E-state index contributed by atoms with van der Waals surface area (Å²) in [5.74, 6) is 0. The van der Waals surface area contributed by atoms with Crippen molar-refractivity contribution in [1.82, 2.24) is 10.3 Å². The van der Waals surface area contributed by atoms with Gasteiger partial charge in [-0.25, -0.2) is 4.98 Å². The van der Waals surface area contributed by atoms with Gasteiger partial charge in [-0.05, 0) is 39.2 Å². The van der Waals surface area contributed by atoms with E-state index in [2.05, 4.69) is 12.4 Å². The maximum atomic E-state index is 5.76. The molecule has 0 aromatic carbocycles. The zero-order chi connectivity index (χ0) is 12.6. The molecule has 0 saturated heterocycles. The van der Waals surface area contributed by atoms with Crippen molar-refractivity contribution in [2.24, 2.45) is 0 Å². The summed E-state index contributed by atoms with van der Waals surface area (Å²) in [6.45, 7) is 0. The normalized spacial score (nSPS) is 31.6. The molecule has 2 unspecified atom stereocenters. The molecule has 0 bridgehead atoms. The number of ether oxygens (including phenoxy) is 1. The van der Waals surface area contributed by atoms with Gasteiger partial charge in [-0.1, -0.05) is 12.8 Å². The quantitative estimate of drug-likeness (QED) is 0.913. The number of fused-ring (bicyclic) bond motifs is 1. The van der Waals surface area contributed by atoms with Crippen molar-refractivity contribution in [2.45, 2.75) is 56.6 Å². The van der Waals surface area contributed by atoms with Crippen molar-refractivity contribution in [3.05, 3.63) is 15.6 Å². The molecule has 1 aromatic heterocycles. The number of likely N-dealkylation sites (N-methyl/N-ethyl adjacent to an activating group) is 1. The van der Waals surface area contributed by atoms with Crippen LogP contribution in [0.3, 0.4) is 0 Å². The van der Waals surface area contributed by atoms with Gasteiger partial charge >= 0.3 is 0 Å². The molecule has 3 rings (SSSR count). The summed E-state index contributed by atoms with van der Waals surface area (Å²) in [4.78, 5) is 6.45. The maximum absolute atomic E-state index is 5.76. The molecule has 100 valence electrons. The van der Waals surface area contributed by atoms with Crippen molar-refractivity contribution >= 4 is 11.3 Å². The van der Waals surface area contributed by atoms with E-state index in [-0.39, 0.29) is 11.6 Å². The minimum atomic E-state index is -0.0397. The maximum Gasteiger partial charge on any atom is 0.116 e. The van der Waals surface area contributed by atoms with Gasteiger partial charge in [-0.2, -0.15) is 0 Å². The lowest BCUT2D eigenvalue weighted by atomic mass is 9.79. The summed E-state index contributed by atoms with van der Waals surface area (Å²) in [5.41, 5.74) is 1.31. The van der Waals surface area contributed by atoms with E-state index in [1.165, 1.54) is 47.7 Å². The Labute approximate surface area is 113 Å². The van der Waals surface area contributed by atoms with Crippen LogP contribution in [0.4, 0.5) is 0 Å². The van der Waals surface area contributed by atoms with Crippen LogP contribution in [0.1, 0.15) is 47.7 Å². The molecule has 0 amide bonds. The molecule has 0 radical (unpaired) electrons. The summed E-state index contributed by atoms with van der Waals surface area (Å²) < 4.78 is 5.76. The van der Waals surface area contributed by atoms with Gasteiger partial charge in [0.1, 0.15) is 5.01 Å². The third-order valence-electron chi connectivity index (χ3n) is 4.55. The van der Waals surface area contributed by atoms with E-state index < -0.39 is 0 Å². The van der Waals surface area contributed by atoms with Crippen LogP contribution in [0, 0.1) is 0 Å². The third kappa shape index (κ3) is 1.82. The van der Waals surface area contributed by atoms with Crippen LogP contribution >= 0.6 is 11.3 Å². The van der Waals surface area contributed by atoms with Crippen LogP contribution in [0.2, 0.25) is 0 Å². The largest absolute Gasteiger partial charge is 0.379 e. The molecule has 1 saturated carbocycles. The monoisotopic (exact) mass is 266 g/mol. The first-order valence-electron chi connectivity index (χ1n) is 7.01. The second-order valence-electron chi connectivity index (χ2n) is 5.43. The van der Waals surface area contributed by atoms with Gasteiger partial charge in [0.2, 0.25) is 0 Å². The molecule has 0 aliphatic heterocycles. The minimum absolute atomic E-state index is 0.0397. The van der Waals surface area contributed by atoms with Crippen LogP contribution in [0.5, 0.6) is 0 Å². The number of methoxy groups -OCH3 is 1. The van der Waals surface area contributed by atoms with E-state index in [0.717, 1.165) is 12.8 Å². The average molecular weight is 266 g/mol. The van der Waals surface area contributed by atoms with Crippen LogP contribution in [-0.4, -0.2) is 25.2 Å². The molecule has 18 heavy (non-hydrogen) atoms. The Kier molecular flexibility index (Phi) is 3.43. The molecular formula is C14H22N2OS. The Balaban J connectivity index is 1.98. The van der Waals surface area contributed by atoms with Gasteiger partial charge in [-0.15, -0.1) is 11.3 Å². The van der Waals surface area contributed by atoms with Gasteiger partial charge in [0, 0.05) is 12.0 Å². The van der Waals surface area contributed by atoms with E-state index in [1.807, 2.05) is 18.4 Å². The van der Waals surface area contributed by atoms with E-state index in [1.54, 1.807) is 0 Å². The number of aromatic nitrogens is 1. The van der Waals surface area contributed by atoms with E-state index >= 15 is 0 Å². The average Bonchev–Trinajstić information content (AvgIpc) is 2.99. The fraction of sp³-hybridized carbons (Fsp3) is 0.786. The number of thiazole rings is 1. The van der Waals surface area contributed by atoms with Crippen LogP contribution in [-0.2, 0) is 23.1 Å². The van der Waals surface area contributed by atoms with Gasteiger partial charge in [-0.3, -0.25) is 0 Å². The summed E-state index contributed by atoms with van der Waals surface area (Å²) in [6, 6.07) is 0. The van der Waals surface area contributed by atoms with Crippen molar-refractivity contribution in [2.75, 3.05) is 14.2 Å². The van der Waals surface area contributed by atoms with Crippen molar-refractivity contribution in [3.8, 4) is 0 Å². The zero-order valence-electron chi connectivity index (χ0n) is 11.3. The van der Waals surface area contributed by atoms with Crippen molar-refractivity contribution < 1.29 is 4.74 Å². The second kappa shape index (κ2) is 4.91. The van der Waals surface area contributed by atoms with E-state index in [0.29, 0.717) is 0 Å². The number of nitrogens with one attached hydrogen (secondary N) is 1. The number of aryl methyl sites for hydroxylation is 2. The van der Waals surface area contributed by atoms with E-state index in [4.69, 9.17) is 9.72 Å². The molecule has 1 fully saturated rings. The third-order valence-corrected chi connectivity index (χ3v) is 5.88. The number of nitrogens with zero attached hydrogens (tertiary/aromatic N) is 1. The number of hydrogen-bond acceptors (Lipinski definition) is 4. The highest BCUT2D eigenvalue weighted by atomic mass is 32.1. The smallest absolute Gasteiger partial charge is 0.116 e. The molecule has 2 aliphatic carbocycles. The molecule has 4 heteroatoms. The standard InChI is InChI=1S/C14H22N2OS/c1-15-14(9-4-3-8-12(14)17-2)13-16-10-6-5-7-11(10)18-13/h12,15H,3-9H2,1-2H3. The van der Waals surface area contributed by atoms with Gasteiger partial charge < -0.3 is 10.1 Å². The number of hydrogen-bond donors (Lipinski definition) is 1. The predicted octanol–water partition coefficient (Wildman–Crippen LogP) is 2.64. The van der Waals surface area contributed by atoms with Gasteiger partial charge in [0.25, 0.3) is 0 Å². The molecule has 0 spiro atoms. The molecule has 1 aromatic rings. The van der Waals surface area contributed by atoms with Crippen molar-refractivity contribution in [1.29, 1.82) is 0 Å². The minimum Gasteiger partial charge on any atom is -0.379 e. The highest BCUT2D eigenvalue weighted by molar-refractivity contribution is 7.12. The molecular weight excluding hydrogens is 244 g/mol. The lowest BCUT2D eigenvalue weighted by Gasteiger charge is -2.41. The van der Waals surface area contributed by atoms with Gasteiger partial charge in [0.05, 0.1) is 17.3 Å². The van der Waals surface area contributed by atoms with E-state index in [9.17, 15) is 0 Å². The number of rotatable bonds is 3. The fourth-order valence-corrected chi connectivity index (χ4v) is 4.90. The summed E-state index contributed by atoms with van der Waals surface area (Å²) in [7, 11) is 3.90. The molecule has 1 N–H and O–H groups in total. The Hall–Kier alpha value is -0.450. The highest BCUT2D eigenvalue weighted by Gasteiger charge is 2.44.